The van der Waals surface area contributed by atoms with Crippen LogP contribution >= 0.6 is 11.3 Å². The second-order valence-corrected chi connectivity index (χ2v) is 33.6. The minimum absolute atomic E-state index is 0.307. The summed E-state index contributed by atoms with van der Waals surface area (Å²) in [6.07, 6.45) is 1.81. The lowest BCUT2D eigenvalue weighted by molar-refractivity contribution is 0.628. The van der Waals surface area contributed by atoms with Crippen molar-refractivity contribution in [2.75, 3.05) is 19.6 Å². The van der Waals surface area contributed by atoms with Crippen LogP contribution in [0.1, 0.15) is 22.3 Å². The van der Waals surface area contributed by atoms with Gasteiger partial charge in [0.15, 0.2) is 0 Å². The molecule has 0 bridgehead atoms. The second kappa shape index (κ2) is 30.4. The molecule has 0 radical (unpaired) electrons. The van der Waals surface area contributed by atoms with Crippen LogP contribution < -0.4 is 19.6 Å². The number of para-hydroxylation sites is 5. The first-order chi connectivity index (χ1) is 62.4. The van der Waals surface area contributed by atoms with Gasteiger partial charge in [-0.1, -0.05) is 279 Å². The summed E-state index contributed by atoms with van der Waals surface area (Å²) in [7, 11) is 0. The van der Waals surface area contributed by atoms with E-state index in [1.807, 2.05) is 47.9 Å². The summed E-state index contributed by atoms with van der Waals surface area (Å²) in [6.45, 7) is 0. The van der Waals surface area contributed by atoms with Crippen LogP contribution in [0.2, 0.25) is 0 Å². The zero-order chi connectivity index (χ0) is 83.3. The van der Waals surface area contributed by atoms with Crippen LogP contribution in [0.4, 0.5) is 72.6 Å². The molecule has 0 aliphatic heterocycles. The number of rotatable bonds is 14. The Bertz CT molecular complexity index is 8130. The number of benzene rings is 20. The fourth-order valence-corrected chi connectivity index (χ4v) is 21.2. The van der Waals surface area contributed by atoms with Crippen molar-refractivity contribution in [2.45, 2.75) is 5.41 Å². The predicted molar refractivity (Wildman–Crippen MR) is 527 cm³/mol. The van der Waals surface area contributed by atoms with Crippen molar-refractivity contribution < 1.29 is 8.81 Å². The molecule has 1 spiro atoms. The van der Waals surface area contributed by atoms with E-state index < -0.39 is 5.41 Å². The molecule has 2 aliphatic rings. The van der Waals surface area contributed by atoms with Gasteiger partial charge in [-0.3, -0.25) is 4.98 Å². The highest BCUT2D eigenvalue weighted by atomic mass is 32.1. The van der Waals surface area contributed by atoms with Crippen LogP contribution in [0.25, 0.3) is 130 Å². The number of fused-ring (bicyclic) bond motifs is 21. The molecule has 3 heterocycles. The fourth-order valence-electron chi connectivity index (χ4n) is 20.1. The van der Waals surface area contributed by atoms with E-state index in [0.29, 0.717) is 5.69 Å². The van der Waals surface area contributed by atoms with E-state index >= 15 is 4.39 Å². The van der Waals surface area contributed by atoms with Gasteiger partial charge in [-0.25, -0.2) is 4.39 Å². The van der Waals surface area contributed by atoms with Crippen LogP contribution in [0.3, 0.4) is 0 Å². The third-order valence-electron chi connectivity index (χ3n) is 25.5. The Labute approximate surface area is 732 Å². The Morgan fingerprint density at radius 3 is 1.32 bits per heavy atom. The van der Waals surface area contributed by atoms with Crippen molar-refractivity contribution >= 4 is 165 Å². The summed E-state index contributed by atoms with van der Waals surface area (Å²) in [5.41, 5.74) is 29.3. The summed E-state index contributed by atoms with van der Waals surface area (Å²) in [4.78, 5) is 13.9. The number of nitrogens with zero attached hydrogens (tertiary/aromatic N) is 5. The van der Waals surface area contributed by atoms with Gasteiger partial charge in [0.25, 0.3) is 0 Å². The van der Waals surface area contributed by atoms with Crippen molar-refractivity contribution in [1.29, 1.82) is 0 Å². The predicted octanol–water partition coefficient (Wildman–Crippen LogP) is 33.3. The highest BCUT2D eigenvalue weighted by molar-refractivity contribution is 7.25. The number of hydrogen-bond acceptors (Lipinski definition) is 7. The Balaban J connectivity index is 0.000000141. The van der Waals surface area contributed by atoms with Crippen molar-refractivity contribution in [2.24, 2.45) is 0 Å². The van der Waals surface area contributed by atoms with Crippen LogP contribution in [0, 0.1) is 5.82 Å². The van der Waals surface area contributed by atoms with Crippen LogP contribution in [-0.2, 0) is 5.41 Å². The molecule has 25 rings (SSSR count). The standard InChI is InChI=1S/C59H38FN3O.C59H38N2S/c60-42-17-12-22-45(35-42)62(43-18-3-1-4-19-43)47-37-53(40-27-30-56-41(34-40)16-13-33-61-56)59-55(38-47)54-36-46(28-32-58(54)64-59)63(44-20-5-2-6-21-44)57-31-29-51(50-24-9-10-25-52(50)57)49-26-11-15-39-14-7-8-23-48(39)49;1-4-18-39(19-5-1)60(40-20-6-2-7-21-40)42-32-34-56-49(36-42)50-37-43(33-35-57(50)62-56)61(41-22-8-3-9-23-41)55-38-54-58(47-27-11-10-26-46(47)55)48-28-14-17-31-53(48)59(54)51-29-15-12-24-44(51)45-25-13-16-30-52(45)59/h1-38H;1-38H. The Hall–Kier alpha value is -16.3. The number of anilines is 12. The largest absolute Gasteiger partial charge is 0.455 e. The van der Waals surface area contributed by atoms with E-state index in [0.717, 1.165) is 106 Å². The summed E-state index contributed by atoms with van der Waals surface area (Å²) in [5, 5.41) is 12.7. The van der Waals surface area contributed by atoms with Gasteiger partial charge in [0, 0.05) is 116 Å². The van der Waals surface area contributed by atoms with E-state index in [4.69, 9.17) is 4.42 Å². The van der Waals surface area contributed by atoms with Gasteiger partial charge < -0.3 is 24.0 Å². The SMILES string of the molecule is Fc1cccc(N(c2ccccc2)c2cc(-c3ccc4ncccc4c3)c3oc4ccc(N(c5ccccc5)c5ccc(-c6cccc7ccccc67)c6ccccc56)cc4c3c2)c1.c1ccc(N(c2ccccc2)c2ccc3sc4ccc(N(c5ccccc5)c5cc6c(c7ccccc57)-c5ccccc5C65c6ccccc6-c6ccccc65)cc4c3c2)cc1. The zero-order valence-electron chi connectivity index (χ0n) is 68.3. The van der Waals surface area contributed by atoms with Crippen molar-refractivity contribution in [3.63, 3.8) is 0 Å². The van der Waals surface area contributed by atoms with Gasteiger partial charge in [-0.2, -0.15) is 0 Å². The third-order valence-corrected chi connectivity index (χ3v) is 26.7. The molecule has 592 valence electrons. The molecule has 6 nitrogen and oxygen atoms in total. The summed E-state index contributed by atoms with van der Waals surface area (Å²) in [5.74, 6) is -0.307. The summed E-state index contributed by atoms with van der Waals surface area (Å²) in [6, 6.07) is 162. The quantitative estimate of drug-likeness (QED) is 0.108. The molecule has 0 unspecified atom stereocenters. The number of halogens is 1. The first kappa shape index (κ1) is 73.6. The maximum Gasteiger partial charge on any atom is 0.143 e. The van der Waals surface area contributed by atoms with E-state index in [1.54, 1.807) is 12.1 Å². The van der Waals surface area contributed by atoms with Crippen molar-refractivity contribution in [3.05, 3.63) is 489 Å². The third kappa shape index (κ3) is 12.2. The Morgan fingerprint density at radius 1 is 0.246 bits per heavy atom. The molecule has 126 heavy (non-hydrogen) atoms. The first-order valence-electron chi connectivity index (χ1n) is 42.8. The highest BCUT2D eigenvalue weighted by Gasteiger charge is 2.52. The topological polar surface area (TPSA) is 39.0 Å². The van der Waals surface area contributed by atoms with Crippen LogP contribution in [0.5, 0.6) is 0 Å². The van der Waals surface area contributed by atoms with Gasteiger partial charge in [-0.05, 0) is 259 Å². The molecule has 2 aliphatic carbocycles. The average Bonchev–Trinajstić information content (AvgIpc) is 1.50. The smallest absolute Gasteiger partial charge is 0.143 e. The molecule has 0 saturated heterocycles. The molecule has 0 N–H and O–H groups in total. The van der Waals surface area contributed by atoms with E-state index in [1.165, 1.54) is 114 Å². The number of pyridine rings is 1. The van der Waals surface area contributed by atoms with E-state index in [2.05, 4.69) is 431 Å². The van der Waals surface area contributed by atoms with Gasteiger partial charge in [0.1, 0.15) is 17.0 Å². The maximum atomic E-state index is 15.1. The van der Waals surface area contributed by atoms with Crippen molar-refractivity contribution in [1.82, 2.24) is 4.98 Å². The van der Waals surface area contributed by atoms with Gasteiger partial charge >= 0.3 is 0 Å². The zero-order valence-corrected chi connectivity index (χ0v) is 69.1. The molecule has 0 saturated carbocycles. The molecular formula is C118H76FN5OS. The van der Waals surface area contributed by atoms with E-state index in [9.17, 15) is 0 Å². The molecule has 20 aromatic carbocycles. The number of furan rings is 1. The lowest BCUT2D eigenvalue weighted by atomic mass is 9.70. The minimum atomic E-state index is -0.465. The maximum absolute atomic E-state index is 15.1. The highest BCUT2D eigenvalue weighted by Crippen LogP contribution is 2.65. The van der Waals surface area contributed by atoms with Gasteiger partial charge in [0.2, 0.25) is 0 Å². The number of aromatic nitrogens is 1. The molecule has 0 atom stereocenters. The van der Waals surface area contributed by atoms with Crippen LogP contribution in [-0.4, -0.2) is 4.98 Å². The lowest BCUT2D eigenvalue weighted by Crippen LogP contribution is -2.26. The minimum Gasteiger partial charge on any atom is -0.455 e. The second-order valence-electron chi connectivity index (χ2n) is 32.5. The number of thiophene rings is 1. The normalized spacial score (nSPS) is 12.2. The monoisotopic (exact) mass is 1630 g/mol. The average molecular weight is 1630 g/mol. The van der Waals surface area contributed by atoms with Crippen molar-refractivity contribution in [3.8, 4) is 44.5 Å². The molecule has 0 fully saturated rings. The summed E-state index contributed by atoms with van der Waals surface area (Å²) >= 11 is 1.86. The van der Waals surface area contributed by atoms with Gasteiger partial charge in [-0.15, -0.1) is 11.3 Å². The number of hydrogen-bond donors (Lipinski definition) is 0. The molecule has 8 heteroatoms. The van der Waals surface area contributed by atoms with E-state index in [-0.39, 0.29) is 5.82 Å². The molecule has 23 aromatic rings. The lowest BCUT2D eigenvalue weighted by Gasteiger charge is -2.33. The molecular weight excluding hydrogens is 1550 g/mol. The molecule has 0 amide bonds. The van der Waals surface area contributed by atoms with Gasteiger partial charge in [0.05, 0.1) is 22.3 Å². The Morgan fingerprint density at radius 2 is 0.690 bits per heavy atom. The fraction of sp³-hybridized carbons (Fsp3) is 0.00847. The molecule has 3 aromatic heterocycles. The first-order valence-corrected chi connectivity index (χ1v) is 43.6. The Kier molecular flexibility index (Phi) is 17.8. The summed E-state index contributed by atoms with van der Waals surface area (Å²) < 4.78 is 24.5. The van der Waals surface area contributed by atoms with Crippen LogP contribution in [0.15, 0.2) is 466 Å².